The molecule has 1 unspecified atom stereocenters. The molecule has 1 aromatic heterocycles. The Morgan fingerprint density at radius 2 is 1.55 bits per heavy atom. The Kier molecular flexibility index (Phi) is 7.00. The number of hydrogen-bond acceptors (Lipinski definition) is 6. The van der Waals surface area contributed by atoms with Gasteiger partial charge in [-0.25, -0.2) is 23.5 Å². The van der Waals surface area contributed by atoms with Crippen LogP contribution in [0.25, 0.3) is 0 Å². The first kappa shape index (κ1) is 32.9. The molecule has 9 atom stereocenters. The fourth-order valence-corrected chi connectivity index (χ4v) is 13.5. The zero-order valence-corrected chi connectivity index (χ0v) is 30.5. The molecule has 4 saturated carbocycles. The Labute approximate surface area is 279 Å². The third-order valence-corrected chi connectivity index (χ3v) is 15.8. The Morgan fingerprint density at radius 1 is 0.872 bits per heavy atom. The van der Waals surface area contributed by atoms with Crippen LogP contribution in [0.15, 0.2) is 20.7 Å². The lowest BCUT2D eigenvalue weighted by Crippen LogP contribution is -2.67. The first-order chi connectivity index (χ1) is 21.9. The van der Waals surface area contributed by atoms with Gasteiger partial charge in [-0.15, -0.1) is 0 Å². The molecule has 6 aliphatic rings. The van der Waals surface area contributed by atoms with E-state index in [2.05, 4.69) is 48.5 Å². The fraction of sp³-hybridized carbons (Fsp3) is 0.842. The van der Waals surface area contributed by atoms with E-state index >= 15 is 0 Å². The van der Waals surface area contributed by atoms with E-state index in [1.54, 1.807) is 0 Å². The maximum Gasteiger partial charge on any atom is 0.348 e. The summed E-state index contributed by atoms with van der Waals surface area (Å²) in [4.78, 5) is 53.4. The minimum atomic E-state index is -0.640. The second kappa shape index (κ2) is 9.99. The van der Waals surface area contributed by atoms with E-state index in [0.29, 0.717) is 25.0 Å². The second-order valence-corrected chi connectivity index (χ2v) is 18.0. The minimum Gasteiger partial charge on any atom is -0.465 e. The van der Waals surface area contributed by atoms with Crippen LogP contribution in [-0.2, 0) is 31.1 Å². The summed E-state index contributed by atoms with van der Waals surface area (Å²) in [6.45, 7) is 22.1. The van der Waals surface area contributed by atoms with Crippen molar-refractivity contribution in [3.8, 4) is 0 Å². The van der Waals surface area contributed by atoms with Crippen molar-refractivity contribution in [1.29, 1.82) is 0 Å². The van der Waals surface area contributed by atoms with E-state index in [1.165, 1.54) is 29.6 Å². The van der Waals surface area contributed by atoms with Crippen LogP contribution in [0.4, 0.5) is 0 Å². The number of rotatable bonds is 5. The van der Waals surface area contributed by atoms with Gasteiger partial charge in [-0.3, -0.25) is 9.59 Å². The number of nitrogens with zero attached hydrogens (tertiary/aromatic N) is 3. The van der Waals surface area contributed by atoms with Crippen LogP contribution >= 0.6 is 0 Å². The first-order valence-corrected chi connectivity index (χ1v) is 18.4. The highest BCUT2D eigenvalue weighted by atomic mass is 16.5. The average Bonchev–Trinajstić information content (AvgIpc) is 3.46. The Bertz CT molecular complexity index is 1690. The zero-order valence-electron chi connectivity index (χ0n) is 30.5. The number of allylic oxidation sites excluding steroid dienone is 1. The van der Waals surface area contributed by atoms with Crippen LogP contribution in [-0.4, -0.2) is 38.6 Å². The van der Waals surface area contributed by atoms with Crippen molar-refractivity contribution < 1.29 is 19.1 Å². The van der Waals surface area contributed by atoms with Crippen LogP contribution < -0.4 is 11.4 Å². The van der Waals surface area contributed by atoms with E-state index in [1.807, 2.05) is 16.3 Å². The van der Waals surface area contributed by atoms with Gasteiger partial charge in [0.1, 0.15) is 12.7 Å². The molecule has 5 aliphatic carbocycles. The minimum absolute atomic E-state index is 0.0249. The van der Waals surface area contributed by atoms with Crippen LogP contribution in [0.3, 0.4) is 0 Å². The Hall–Kier alpha value is -2.58. The predicted octanol–water partition coefficient (Wildman–Crippen LogP) is 6.37. The van der Waals surface area contributed by atoms with E-state index in [4.69, 9.17) is 9.47 Å². The highest BCUT2D eigenvalue weighted by Crippen LogP contribution is 2.79. The molecule has 1 aromatic rings. The van der Waals surface area contributed by atoms with Crippen molar-refractivity contribution in [2.75, 3.05) is 6.61 Å². The molecule has 9 nitrogen and oxygen atoms in total. The van der Waals surface area contributed by atoms with Crippen LogP contribution in [0.5, 0.6) is 0 Å². The molecule has 0 bridgehead atoms. The van der Waals surface area contributed by atoms with E-state index in [0.717, 1.165) is 57.8 Å². The van der Waals surface area contributed by atoms with Crippen molar-refractivity contribution in [2.24, 2.45) is 44.8 Å². The van der Waals surface area contributed by atoms with Crippen molar-refractivity contribution in [3.05, 3.63) is 32.1 Å². The zero-order chi connectivity index (χ0) is 34.3. The number of carbonyl (C=O) groups is 2. The fourth-order valence-electron chi connectivity index (χ4n) is 13.5. The van der Waals surface area contributed by atoms with Crippen LogP contribution in [0, 0.1) is 44.8 Å². The lowest BCUT2D eigenvalue weighted by Gasteiger charge is -2.72. The van der Waals surface area contributed by atoms with Crippen molar-refractivity contribution >= 4 is 11.9 Å². The number of aromatic nitrogens is 3. The molecule has 2 heterocycles. The molecule has 9 heteroatoms. The lowest BCUT2D eigenvalue weighted by molar-refractivity contribution is -0.218. The van der Waals surface area contributed by atoms with Gasteiger partial charge in [0.15, 0.2) is 0 Å². The number of ether oxygens (including phenoxy) is 2. The van der Waals surface area contributed by atoms with Crippen LogP contribution in [0.2, 0.25) is 0 Å². The van der Waals surface area contributed by atoms with Gasteiger partial charge >= 0.3 is 23.3 Å². The van der Waals surface area contributed by atoms with Crippen molar-refractivity contribution in [1.82, 2.24) is 13.9 Å². The Morgan fingerprint density at radius 3 is 2.17 bits per heavy atom. The summed E-state index contributed by atoms with van der Waals surface area (Å²) >= 11 is 0. The van der Waals surface area contributed by atoms with Gasteiger partial charge in [0.25, 0.3) is 0 Å². The molecular weight excluding hydrogens is 594 g/mol. The maximum absolute atomic E-state index is 14.5. The van der Waals surface area contributed by atoms with Gasteiger partial charge in [-0.1, -0.05) is 48.5 Å². The quantitative estimate of drug-likeness (QED) is 0.271. The number of esters is 2. The molecule has 260 valence electrons. The predicted molar refractivity (Wildman–Crippen MR) is 179 cm³/mol. The van der Waals surface area contributed by atoms with E-state index in [-0.39, 0.29) is 68.5 Å². The third kappa shape index (κ3) is 3.78. The number of carbonyl (C=O) groups excluding carboxylic acids is 2. The SMILES string of the molecule is CCn1c(=O)n2n(c1=O)[C@]1(C(C)C)CC[C@]3(COC(C)=O)CC[C@]4(C)C(=C31)C2C[C@@H]1[C@@]2(C)CC[C@H](OC(C)=O)C(C)(C)[C@@H]2CC[C@]14C. The summed E-state index contributed by atoms with van der Waals surface area (Å²) in [5.74, 6) is 0.255. The van der Waals surface area contributed by atoms with Crippen LogP contribution in [0.1, 0.15) is 133 Å². The van der Waals surface area contributed by atoms with Gasteiger partial charge in [-0.05, 0) is 110 Å². The molecule has 0 radical (unpaired) electrons. The molecule has 1 aliphatic heterocycles. The van der Waals surface area contributed by atoms with Gasteiger partial charge in [0, 0.05) is 31.2 Å². The molecule has 0 amide bonds. The highest BCUT2D eigenvalue weighted by Gasteiger charge is 2.73. The summed E-state index contributed by atoms with van der Waals surface area (Å²) in [6.07, 6.45) is 8.11. The summed E-state index contributed by atoms with van der Waals surface area (Å²) in [7, 11) is 0. The van der Waals surface area contributed by atoms with E-state index in [9.17, 15) is 19.2 Å². The van der Waals surface area contributed by atoms with Gasteiger partial charge in [0.2, 0.25) is 0 Å². The standard InChI is InChI=1S/C38H57N3O6/c1-11-39-31(44)40-25-20-27-34(8)14-13-28(47-24(5)43)33(6,7)26(34)12-15-35(27,9)36(10)16-17-37(21-46-23(4)42)18-19-38(22(2)3,30(37)29(25)36)41(40)32(39)45/h22,25-28H,11-21H2,1-10H3/t25?,26-,27+,28-,34-,35+,36+,37-,38-/m0/s1. The lowest BCUT2D eigenvalue weighted by atomic mass is 9.33. The first-order valence-electron chi connectivity index (χ1n) is 18.4. The van der Waals surface area contributed by atoms with Gasteiger partial charge < -0.3 is 9.47 Å². The topological polar surface area (TPSA) is 102 Å². The summed E-state index contributed by atoms with van der Waals surface area (Å²) in [5, 5.41) is 0. The summed E-state index contributed by atoms with van der Waals surface area (Å²) in [6, 6.07) is -0.229. The van der Waals surface area contributed by atoms with Crippen molar-refractivity contribution in [2.45, 2.75) is 151 Å². The number of hydrogen-bond donors (Lipinski definition) is 0. The normalized spacial score (nSPS) is 42.7. The molecule has 7 rings (SSSR count). The summed E-state index contributed by atoms with van der Waals surface area (Å²) in [5.41, 5.74) is 0.887. The number of fused-ring (bicyclic) bond motifs is 7. The third-order valence-electron chi connectivity index (χ3n) is 15.8. The molecule has 0 N–H and O–H groups in total. The van der Waals surface area contributed by atoms with Crippen molar-refractivity contribution in [3.63, 3.8) is 0 Å². The maximum atomic E-state index is 14.5. The molecule has 0 saturated heterocycles. The summed E-state index contributed by atoms with van der Waals surface area (Å²) < 4.78 is 17.1. The molecule has 47 heavy (non-hydrogen) atoms. The molecule has 4 fully saturated rings. The smallest absolute Gasteiger partial charge is 0.348 e. The molecule has 0 spiro atoms. The van der Waals surface area contributed by atoms with Gasteiger partial charge in [0.05, 0.1) is 11.6 Å². The monoisotopic (exact) mass is 651 g/mol. The average molecular weight is 652 g/mol. The van der Waals surface area contributed by atoms with E-state index < -0.39 is 5.54 Å². The molecule has 0 aromatic carbocycles. The largest absolute Gasteiger partial charge is 0.465 e. The van der Waals surface area contributed by atoms with Gasteiger partial charge in [-0.2, -0.15) is 0 Å². The second-order valence-electron chi connectivity index (χ2n) is 18.0. The Balaban J connectivity index is 1.49. The molecular formula is C38H57N3O6. The highest BCUT2D eigenvalue weighted by molar-refractivity contribution is 5.66.